The Kier molecular flexibility index (Phi) is 5.71. The molecule has 164 valence electrons. The van der Waals surface area contributed by atoms with Crippen LogP contribution >= 0.6 is 0 Å². The molecule has 2 aromatic heterocycles. The number of piperazine rings is 1. The van der Waals surface area contributed by atoms with Gasteiger partial charge < -0.3 is 19.5 Å². The number of ether oxygens (including phenoxy) is 1. The summed E-state index contributed by atoms with van der Waals surface area (Å²) in [5.41, 5.74) is 4.20. The highest BCUT2D eigenvalue weighted by atomic mass is 16.5. The first-order chi connectivity index (χ1) is 14.9. The number of anilines is 1. The summed E-state index contributed by atoms with van der Waals surface area (Å²) in [5, 5.41) is 5.37. The molecule has 1 amide bonds. The van der Waals surface area contributed by atoms with E-state index < -0.39 is 0 Å². The Morgan fingerprint density at radius 3 is 2.45 bits per heavy atom. The van der Waals surface area contributed by atoms with Crippen molar-refractivity contribution in [2.24, 2.45) is 7.05 Å². The Morgan fingerprint density at radius 2 is 1.81 bits per heavy atom. The second kappa shape index (κ2) is 8.45. The van der Waals surface area contributed by atoms with Gasteiger partial charge in [0.1, 0.15) is 11.4 Å². The molecule has 0 aliphatic carbocycles. The van der Waals surface area contributed by atoms with Crippen molar-refractivity contribution in [2.75, 3.05) is 38.2 Å². The van der Waals surface area contributed by atoms with E-state index in [1.807, 2.05) is 50.1 Å². The monoisotopic (exact) mass is 423 g/mol. The number of benzene rings is 1. The highest BCUT2D eigenvalue weighted by Crippen LogP contribution is 2.23. The fourth-order valence-electron chi connectivity index (χ4n) is 4.45. The lowest BCUT2D eigenvalue weighted by molar-refractivity contribution is -0.131. The third kappa shape index (κ3) is 4.02. The number of pyridine rings is 1. The number of amides is 1. The average Bonchev–Trinajstić information content (AvgIpc) is 3.06. The third-order valence-corrected chi connectivity index (χ3v) is 6.21. The zero-order valence-electron chi connectivity index (χ0n) is 18.6. The number of nitrogens with zero attached hydrogens (tertiary/aromatic N) is 4. The summed E-state index contributed by atoms with van der Waals surface area (Å²) in [6.45, 7) is 6.82. The first-order valence-electron chi connectivity index (χ1n) is 10.6. The Bertz CT molecular complexity index is 1150. The largest absolute Gasteiger partial charge is 0.497 e. The smallest absolute Gasteiger partial charge is 0.253 e. The van der Waals surface area contributed by atoms with E-state index in [1.165, 1.54) is 0 Å². The predicted molar refractivity (Wildman–Crippen MR) is 121 cm³/mol. The molecule has 1 aromatic carbocycles. The number of rotatable bonds is 5. The molecule has 4 rings (SSSR count). The normalized spacial score (nSPS) is 14.3. The third-order valence-electron chi connectivity index (χ3n) is 6.21. The number of carbonyl (C=O) groups excluding carboxylic acids is 1. The van der Waals surface area contributed by atoms with Crippen molar-refractivity contribution in [1.29, 1.82) is 0 Å². The van der Waals surface area contributed by atoms with E-state index in [9.17, 15) is 9.59 Å². The van der Waals surface area contributed by atoms with E-state index in [-0.39, 0.29) is 11.5 Å². The summed E-state index contributed by atoms with van der Waals surface area (Å²) in [6, 6.07) is 7.99. The molecule has 1 aliphatic rings. The second-order valence-electron chi connectivity index (χ2n) is 8.06. The molecule has 1 N–H and O–H groups in total. The number of hydrogen-bond acceptors (Lipinski definition) is 5. The number of aryl methyl sites for hydroxylation is 3. The minimum absolute atomic E-state index is 0.0937. The van der Waals surface area contributed by atoms with Gasteiger partial charge in [-0.2, -0.15) is 5.10 Å². The highest BCUT2D eigenvalue weighted by molar-refractivity contribution is 5.83. The maximum absolute atomic E-state index is 12.8. The number of aromatic nitrogens is 3. The summed E-state index contributed by atoms with van der Waals surface area (Å²) in [7, 11) is 3.48. The predicted octanol–water partition coefficient (Wildman–Crippen LogP) is 2.17. The van der Waals surface area contributed by atoms with Crippen LogP contribution < -0.4 is 15.2 Å². The molecule has 0 spiro atoms. The van der Waals surface area contributed by atoms with Crippen molar-refractivity contribution in [1.82, 2.24) is 19.7 Å². The van der Waals surface area contributed by atoms with Crippen molar-refractivity contribution in [3.8, 4) is 5.75 Å². The minimum atomic E-state index is -0.134. The molecular formula is C23H29N5O3. The van der Waals surface area contributed by atoms with Crippen LogP contribution in [0.4, 0.5) is 5.69 Å². The molecule has 31 heavy (non-hydrogen) atoms. The summed E-state index contributed by atoms with van der Waals surface area (Å²) in [4.78, 5) is 32.5. The van der Waals surface area contributed by atoms with E-state index in [4.69, 9.17) is 4.74 Å². The van der Waals surface area contributed by atoms with E-state index in [0.29, 0.717) is 31.5 Å². The summed E-state index contributed by atoms with van der Waals surface area (Å²) < 4.78 is 6.91. The maximum atomic E-state index is 12.8. The van der Waals surface area contributed by atoms with Gasteiger partial charge in [-0.25, -0.2) is 0 Å². The van der Waals surface area contributed by atoms with Crippen LogP contribution in [0, 0.1) is 13.8 Å². The highest BCUT2D eigenvalue weighted by Gasteiger charge is 2.22. The number of fused-ring (bicyclic) bond motifs is 1. The van der Waals surface area contributed by atoms with Gasteiger partial charge in [-0.3, -0.25) is 14.3 Å². The molecule has 0 bridgehead atoms. The van der Waals surface area contributed by atoms with Crippen LogP contribution in [0.3, 0.4) is 0 Å². The van der Waals surface area contributed by atoms with E-state index in [0.717, 1.165) is 46.8 Å². The van der Waals surface area contributed by atoms with E-state index >= 15 is 0 Å². The van der Waals surface area contributed by atoms with Crippen LogP contribution in [0.5, 0.6) is 5.75 Å². The first kappa shape index (κ1) is 21.0. The van der Waals surface area contributed by atoms with Crippen LogP contribution in [0.2, 0.25) is 0 Å². The molecule has 1 saturated heterocycles. The van der Waals surface area contributed by atoms with Gasteiger partial charge in [0.15, 0.2) is 0 Å². The lowest BCUT2D eigenvalue weighted by Crippen LogP contribution is -2.48. The van der Waals surface area contributed by atoms with Crippen LogP contribution in [-0.4, -0.2) is 58.9 Å². The molecule has 3 heterocycles. The van der Waals surface area contributed by atoms with Crippen molar-refractivity contribution in [3.63, 3.8) is 0 Å². The Hall–Kier alpha value is -3.29. The maximum Gasteiger partial charge on any atom is 0.253 e. The van der Waals surface area contributed by atoms with Gasteiger partial charge in [0.25, 0.3) is 5.56 Å². The van der Waals surface area contributed by atoms with Crippen LogP contribution in [0.1, 0.15) is 23.2 Å². The van der Waals surface area contributed by atoms with E-state index in [2.05, 4.69) is 15.0 Å². The van der Waals surface area contributed by atoms with Gasteiger partial charge in [-0.1, -0.05) is 0 Å². The topological polar surface area (TPSA) is 83.5 Å². The van der Waals surface area contributed by atoms with Crippen LogP contribution in [0.15, 0.2) is 29.1 Å². The zero-order chi connectivity index (χ0) is 22.1. The summed E-state index contributed by atoms with van der Waals surface area (Å²) in [5.74, 6) is 0.929. The zero-order valence-corrected chi connectivity index (χ0v) is 18.6. The number of H-pyrrole nitrogens is 1. The van der Waals surface area contributed by atoms with Crippen LogP contribution in [0.25, 0.3) is 11.0 Å². The molecule has 0 unspecified atom stereocenters. The quantitative estimate of drug-likeness (QED) is 0.680. The molecule has 8 nitrogen and oxygen atoms in total. The molecule has 1 aliphatic heterocycles. The summed E-state index contributed by atoms with van der Waals surface area (Å²) >= 11 is 0. The van der Waals surface area contributed by atoms with Crippen molar-refractivity contribution in [2.45, 2.75) is 26.7 Å². The first-order valence-corrected chi connectivity index (χ1v) is 10.6. The Balaban J connectivity index is 1.39. The number of carbonyl (C=O) groups is 1. The lowest BCUT2D eigenvalue weighted by Gasteiger charge is -2.36. The second-order valence-corrected chi connectivity index (χ2v) is 8.06. The molecule has 0 radical (unpaired) electrons. The molecule has 8 heteroatoms. The Morgan fingerprint density at radius 1 is 1.13 bits per heavy atom. The number of hydrogen-bond donors (Lipinski definition) is 1. The van der Waals surface area contributed by atoms with Crippen molar-refractivity contribution >= 4 is 22.6 Å². The van der Waals surface area contributed by atoms with Crippen molar-refractivity contribution < 1.29 is 9.53 Å². The number of methoxy groups -OCH3 is 1. The van der Waals surface area contributed by atoms with Gasteiger partial charge in [-0.05, 0) is 50.1 Å². The van der Waals surface area contributed by atoms with Crippen LogP contribution in [-0.2, 0) is 18.3 Å². The number of aromatic amines is 1. The van der Waals surface area contributed by atoms with E-state index in [1.54, 1.807) is 11.8 Å². The fraction of sp³-hybridized carbons (Fsp3) is 0.435. The van der Waals surface area contributed by atoms with Gasteiger partial charge in [0, 0.05) is 56.3 Å². The SMILES string of the molecule is COc1ccc(N2CCN(C(=O)CCc3c(C)c4c(C)nn(C)c4[nH]c3=O)CC2)cc1. The molecule has 1 fully saturated rings. The average molecular weight is 424 g/mol. The lowest BCUT2D eigenvalue weighted by atomic mass is 10.0. The van der Waals surface area contributed by atoms with Crippen molar-refractivity contribution in [3.05, 3.63) is 51.4 Å². The summed E-state index contributed by atoms with van der Waals surface area (Å²) in [6.07, 6.45) is 0.764. The molecule has 3 aromatic rings. The molecular weight excluding hydrogens is 394 g/mol. The molecule has 0 atom stereocenters. The number of nitrogens with one attached hydrogen (secondary N) is 1. The standard InChI is InChI=1S/C23H29N5O3/c1-15-19(23(30)24-22-21(15)16(2)25-26(22)3)9-10-20(29)28-13-11-27(12-14-28)17-5-7-18(31-4)8-6-17/h5-8H,9-14H2,1-4H3,(H,24,30). The molecule has 0 saturated carbocycles. The van der Waals surface area contributed by atoms with Gasteiger partial charge in [0.2, 0.25) is 5.91 Å². The fourth-order valence-corrected chi connectivity index (χ4v) is 4.45. The van der Waals surface area contributed by atoms with Gasteiger partial charge >= 0.3 is 0 Å². The van der Waals surface area contributed by atoms with Gasteiger partial charge in [0.05, 0.1) is 12.8 Å². The minimum Gasteiger partial charge on any atom is -0.497 e. The Labute approximate surface area is 181 Å². The van der Waals surface area contributed by atoms with Gasteiger partial charge in [-0.15, -0.1) is 0 Å².